The van der Waals surface area contributed by atoms with E-state index in [1.807, 2.05) is 6.92 Å². The fourth-order valence-corrected chi connectivity index (χ4v) is 4.39. The van der Waals surface area contributed by atoms with Crippen molar-refractivity contribution in [2.75, 3.05) is 13.2 Å². The number of rotatable bonds is 8. The molecule has 31 heavy (non-hydrogen) atoms. The normalized spacial score (nSPS) is 15.0. The van der Waals surface area contributed by atoms with Gasteiger partial charge in [0.25, 0.3) is 11.1 Å². The van der Waals surface area contributed by atoms with Gasteiger partial charge in [0.15, 0.2) is 11.5 Å². The molecule has 2 aromatic rings. The number of thioether (sulfide) groups is 1. The fourth-order valence-electron chi connectivity index (χ4n) is 2.80. The summed E-state index contributed by atoms with van der Waals surface area (Å²) < 4.78 is 11.6. The van der Waals surface area contributed by atoms with Gasteiger partial charge in [-0.15, -0.1) is 6.58 Å². The van der Waals surface area contributed by atoms with Crippen molar-refractivity contribution in [2.24, 2.45) is 0 Å². The Morgan fingerprint density at radius 3 is 2.55 bits per heavy atom. The first-order valence-corrected chi connectivity index (χ1v) is 11.2. The number of nitrogens with zero attached hydrogens (tertiary/aromatic N) is 1. The number of ether oxygens (including phenoxy) is 2. The van der Waals surface area contributed by atoms with Crippen molar-refractivity contribution < 1.29 is 19.1 Å². The van der Waals surface area contributed by atoms with Crippen LogP contribution in [-0.2, 0) is 11.4 Å². The minimum atomic E-state index is -0.373. The Morgan fingerprint density at radius 2 is 1.87 bits per heavy atom. The first kappa shape index (κ1) is 23.5. The lowest BCUT2D eigenvalue weighted by atomic mass is 10.1. The van der Waals surface area contributed by atoms with E-state index in [1.54, 1.807) is 36.4 Å². The number of imide groups is 1. The zero-order chi connectivity index (χ0) is 22.5. The number of hydrogen-bond acceptors (Lipinski definition) is 5. The third kappa shape index (κ3) is 5.57. The molecule has 0 unspecified atom stereocenters. The van der Waals surface area contributed by atoms with E-state index in [-0.39, 0.29) is 24.3 Å². The van der Waals surface area contributed by atoms with Crippen LogP contribution in [0.3, 0.4) is 0 Å². The van der Waals surface area contributed by atoms with Gasteiger partial charge in [0.05, 0.1) is 16.5 Å². The van der Waals surface area contributed by atoms with Crippen LogP contribution in [0.25, 0.3) is 6.08 Å². The van der Waals surface area contributed by atoms with Gasteiger partial charge in [0.1, 0.15) is 6.61 Å². The minimum Gasteiger partial charge on any atom is -0.490 e. The van der Waals surface area contributed by atoms with Gasteiger partial charge < -0.3 is 9.47 Å². The average Bonchev–Trinajstić information content (AvgIpc) is 2.96. The molecule has 0 N–H and O–H groups in total. The third-order valence-corrected chi connectivity index (χ3v) is 5.98. The molecule has 9 heteroatoms. The predicted octanol–water partition coefficient (Wildman–Crippen LogP) is 6.85. The van der Waals surface area contributed by atoms with E-state index in [0.29, 0.717) is 43.6 Å². The van der Waals surface area contributed by atoms with Gasteiger partial charge in [0, 0.05) is 22.2 Å². The molecule has 0 aliphatic carbocycles. The summed E-state index contributed by atoms with van der Waals surface area (Å²) in [6, 6.07) is 8.47. The van der Waals surface area contributed by atoms with Crippen LogP contribution in [0.4, 0.5) is 4.79 Å². The Labute approximate surface area is 199 Å². The van der Waals surface area contributed by atoms with Crippen LogP contribution in [0.1, 0.15) is 18.1 Å². The molecular formula is C22H18Cl3NO4S. The second-order valence-corrected chi connectivity index (χ2v) is 8.61. The van der Waals surface area contributed by atoms with Crippen LogP contribution >= 0.6 is 46.6 Å². The lowest BCUT2D eigenvalue weighted by molar-refractivity contribution is -0.122. The van der Waals surface area contributed by atoms with Gasteiger partial charge in [-0.2, -0.15) is 0 Å². The molecule has 3 rings (SSSR count). The van der Waals surface area contributed by atoms with Gasteiger partial charge in [-0.1, -0.05) is 46.9 Å². The number of halogens is 3. The number of carbonyl (C=O) groups is 2. The fraction of sp³-hybridized carbons (Fsp3) is 0.182. The largest absolute Gasteiger partial charge is 0.490 e. The maximum atomic E-state index is 12.4. The molecule has 162 valence electrons. The van der Waals surface area contributed by atoms with Crippen LogP contribution in [0.5, 0.6) is 11.5 Å². The minimum absolute atomic E-state index is 0.160. The van der Waals surface area contributed by atoms with Gasteiger partial charge >= 0.3 is 0 Å². The SMILES string of the molecule is C=CCN1C(=O)S/C(=C/c2cc(Cl)c(OCc3ccc(Cl)cc3Cl)c(OCC)c2)C1=O. The smallest absolute Gasteiger partial charge is 0.293 e. The summed E-state index contributed by atoms with van der Waals surface area (Å²) in [7, 11) is 0. The topological polar surface area (TPSA) is 55.8 Å². The molecular weight excluding hydrogens is 481 g/mol. The van der Waals surface area contributed by atoms with E-state index >= 15 is 0 Å². The summed E-state index contributed by atoms with van der Waals surface area (Å²) in [6.45, 7) is 6.11. The van der Waals surface area contributed by atoms with Crippen LogP contribution in [-0.4, -0.2) is 29.2 Å². The highest BCUT2D eigenvalue weighted by atomic mass is 35.5. The second-order valence-electron chi connectivity index (χ2n) is 6.37. The van der Waals surface area contributed by atoms with E-state index in [4.69, 9.17) is 44.3 Å². The van der Waals surface area contributed by atoms with Crippen molar-refractivity contribution in [2.45, 2.75) is 13.5 Å². The zero-order valence-corrected chi connectivity index (χ0v) is 19.6. The van der Waals surface area contributed by atoms with E-state index in [9.17, 15) is 9.59 Å². The molecule has 1 aliphatic rings. The molecule has 1 aliphatic heterocycles. The molecule has 5 nitrogen and oxygen atoms in total. The third-order valence-electron chi connectivity index (χ3n) is 4.20. The predicted molar refractivity (Wildman–Crippen MR) is 126 cm³/mol. The summed E-state index contributed by atoms with van der Waals surface area (Å²) in [5.74, 6) is 0.393. The molecule has 2 amide bonds. The summed E-state index contributed by atoms with van der Waals surface area (Å²) in [5, 5.41) is 0.969. The maximum absolute atomic E-state index is 12.4. The Morgan fingerprint density at radius 1 is 1.10 bits per heavy atom. The first-order valence-electron chi connectivity index (χ1n) is 9.23. The highest BCUT2D eigenvalue weighted by molar-refractivity contribution is 8.18. The van der Waals surface area contributed by atoms with Gasteiger partial charge in [-0.25, -0.2) is 0 Å². The monoisotopic (exact) mass is 497 g/mol. The zero-order valence-electron chi connectivity index (χ0n) is 16.5. The molecule has 0 spiro atoms. The summed E-state index contributed by atoms with van der Waals surface area (Å²) in [5.41, 5.74) is 1.35. The van der Waals surface area contributed by atoms with Crippen LogP contribution in [0.2, 0.25) is 15.1 Å². The van der Waals surface area contributed by atoms with Crippen LogP contribution in [0, 0.1) is 0 Å². The number of amides is 2. The Bertz CT molecular complexity index is 1070. The van der Waals surface area contributed by atoms with Gasteiger partial charge in [0.2, 0.25) is 0 Å². The standard InChI is InChI=1S/C22H18Cl3NO4S/c1-3-7-26-21(27)19(31-22(26)28)10-13-8-17(25)20(18(9-13)29-4-2)30-12-14-5-6-15(23)11-16(14)24/h3,5-6,8-11H,1,4,7,12H2,2H3/b19-10+. The van der Waals surface area contributed by atoms with Crippen LogP contribution < -0.4 is 9.47 Å². The molecule has 0 radical (unpaired) electrons. The van der Waals surface area contributed by atoms with Crippen molar-refractivity contribution in [3.8, 4) is 11.5 Å². The highest BCUT2D eigenvalue weighted by Gasteiger charge is 2.34. The van der Waals surface area contributed by atoms with Crippen molar-refractivity contribution in [1.82, 2.24) is 4.90 Å². The first-order chi connectivity index (χ1) is 14.8. The van der Waals surface area contributed by atoms with Crippen molar-refractivity contribution in [3.63, 3.8) is 0 Å². The van der Waals surface area contributed by atoms with Gasteiger partial charge in [-0.05, 0) is 54.6 Å². The van der Waals surface area contributed by atoms with E-state index < -0.39 is 0 Å². The molecule has 0 saturated carbocycles. The number of benzene rings is 2. The van der Waals surface area contributed by atoms with Crippen molar-refractivity contribution in [3.05, 3.63) is 74.1 Å². The maximum Gasteiger partial charge on any atom is 0.293 e. The average molecular weight is 499 g/mol. The lowest BCUT2D eigenvalue weighted by Gasteiger charge is -2.15. The second kappa shape index (κ2) is 10.5. The molecule has 1 saturated heterocycles. The molecule has 0 bridgehead atoms. The van der Waals surface area contributed by atoms with E-state index in [1.165, 1.54) is 6.08 Å². The van der Waals surface area contributed by atoms with E-state index in [0.717, 1.165) is 22.2 Å². The molecule has 2 aromatic carbocycles. The molecule has 1 fully saturated rings. The van der Waals surface area contributed by atoms with Crippen molar-refractivity contribution in [1.29, 1.82) is 0 Å². The van der Waals surface area contributed by atoms with E-state index in [2.05, 4.69) is 6.58 Å². The Hall–Kier alpha value is -2.12. The Balaban J connectivity index is 1.87. The number of carbonyl (C=O) groups excluding carboxylic acids is 2. The summed E-state index contributed by atoms with van der Waals surface area (Å²) in [4.78, 5) is 25.9. The number of hydrogen-bond donors (Lipinski definition) is 0. The lowest BCUT2D eigenvalue weighted by Crippen LogP contribution is -2.27. The summed E-state index contributed by atoms with van der Waals surface area (Å²) in [6.07, 6.45) is 3.10. The molecule has 1 heterocycles. The van der Waals surface area contributed by atoms with Crippen molar-refractivity contribution >= 4 is 63.8 Å². The quantitative estimate of drug-likeness (QED) is 0.294. The van der Waals surface area contributed by atoms with Crippen LogP contribution in [0.15, 0.2) is 47.9 Å². The molecule has 0 atom stereocenters. The highest BCUT2D eigenvalue weighted by Crippen LogP contribution is 2.40. The summed E-state index contributed by atoms with van der Waals surface area (Å²) >= 11 is 19.5. The Kier molecular flexibility index (Phi) is 7.94. The molecule has 0 aromatic heterocycles. The van der Waals surface area contributed by atoms with Gasteiger partial charge in [-0.3, -0.25) is 14.5 Å².